The highest BCUT2D eigenvalue weighted by atomic mass is 32.2. The fraction of sp³-hybridized carbons (Fsp3) is 0.136. The van der Waals surface area contributed by atoms with E-state index in [0.29, 0.717) is 10.6 Å². The summed E-state index contributed by atoms with van der Waals surface area (Å²) in [7, 11) is -4.00. The minimum absolute atomic E-state index is 0.170. The Morgan fingerprint density at radius 3 is 2.52 bits per heavy atom. The number of aryl methyl sites for hydroxylation is 1. The predicted molar refractivity (Wildman–Crippen MR) is 118 cm³/mol. The second-order valence-electron chi connectivity index (χ2n) is 6.62. The number of fused-ring (bicyclic) bond motifs is 1. The highest BCUT2D eigenvalue weighted by Gasteiger charge is 2.41. The third kappa shape index (κ3) is 3.59. The lowest BCUT2D eigenvalue weighted by molar-refractivity contribution is 0.104. The third-order valence-electron chi connectivity index (χ3n) is 4.84. The van der Waals surface area contributed by atoms with Crippen LogP contribution in [0.1, 0.15) is 27.7 Å². The fourth-order valence-corrected chi connectivity index (χ4v) is 5.80. The van der Waals surface area contributed by atoms with Crippen molar-refractivity contribution < 1.29 is 13.2 Å². The summed E-state index contributed by atoms with van der Waals surface area (Å²) < 4.78 is 28.0. The summed E-state index contributed by atoms with van der Waals surface area (Å²) in [5.41, 5.74) is 3.13. The Bertz CT molecular complexity index is 1180. The Morgan fingerprint density at radius 1 is 1.03 bits per heavy atom. The second-order valence-corrected chi connectivity index (χ2v) is 9.37. The van der Waals surface area contributed by atoms with E-state index < -0.39 is 15.8 Å². The first kappa shape index (κ1) is 19.4. The van der Waals surface area contributed by atoms with Crippen LogP contribution in [-0.2, 0) is 23.0 Å². The SMILES string of the molecule is CCc1ccccc1N/C=C1/C(=O)c2sccc2N(Cc2ccccc2)S1(=O)=O. The molecule has 0 radical (unpaired) electrons. The minimum atomic E-state index is -4.00. The number of hydrogen-bond donors (Lipinski definition) is 1. The number of carbonyl (C=O) groups excluding carboxylic acids is 1. The number of carbonyl (C=O) groups is 1. The summed E-state index contributed by atoms with van der Waals surface area (Å²) in [6.45, 7) is 2.19. The van der Waals surface area contributed by atoms with E-state index in [1.165, 1.54) is 21.8 Å². The number of nitrogens with zero attached hydrogens (tertiary/aromatic N) is 1. The molecule has 2 heterocycles. The van der Waals surface area contributed by atoms with Gasteiger partial charge in [-0.3, -0.25) is 9.10 Å². The molecule has 5 nitrogen and oxygen atoms in total. The Kier molecular flexibility index (Phi) is 5.25. The van der Waals surface area contributed by atoms with E-state index in [9.17, 15) is 13.2 Å². The van der Waals surface area contributed by atoms with Gasteiger partial charge in [0.25, 0.3) is 10.0 Å². The van der Waals surface area contributed by atoms with Crippen LogP contribution < -0.4 is 9.62 Å². The number of Topliss-reactive ketones (excluding diaryl/α,β-unsaturated/α-hetero) is 1. The molecule has 29 heavy (non-hydrogen) atoms. The van der Waals surface area contributed by atoms with E-state index in [2.05, 4.69) is 5.32 Å². The number of thiophene rings is 1. The molecule has 0 saturated carbocycles. The summed E-state index contributed by atoms with van der Waals surface area (Å²) in [6, 6.07) is 18.7. The molecule has 2 aromatic carbocycles. The van der Waals surface area contributed by atoms with Crippen LogP contribution in [0.5, 0.6) is 0 Å². The average Bonchev–Trinajstić information content (AvgIpc) is 3.22. The number of ketones is 1. The van der Waals surface area contributed by atoms with Crippen LogP contribution in [0.25, 0.3) is 0 Å². The van der Waals surface area contributed by atoms with Gasteiger partial charge in [-0.1, -0.05) is 55.5 Å². The fourth-order valence-electron chi connectivity index (χ4n) is 3.32. The van der Waals surface area contributed by atoms with Gasteiger partial charge < -0.3 is 5.32 Å². The standard InChI is InChI=1S/C22H20N2O3S2/c1-2-17-10-6-7-11-18(17)23-14-20-21(25)22-19(12-13-28-22)24(29(20,26)27)15-16-8-4-3-5-9-16/h3-14,23H,2,15H2,1H3/b20-14-. The zero-order valence-electron chi connectivity index (χ0n) is 15.8. The van der Waals surface area contributed by atoms with Gasteiger partial charge in [-0.2, -0.15) is 0 Å². The largest absolute Gasteiger partial charge is 0.360 e. The van der Waals surface area contributed by atoms with Crippen LogP contribution in [0.2, 0.25) is 0 Å². The van der Waals surface area contributed by atoms with E-state index >= 15 is 0 Å². The molecule has 4 rings (SSSR count). The molecule has 7 heteroatoms. The number of hydrogen-bond acceptors (Lipinski definition) is 5. The molecule has 0 bridgehead atoms. The molecule has 1 aliphatic heterocycles. The van der Waals surface area contributed by atoms with Gasteiger partial charge in [-0.15, -0.1) is 11.3 Å². The Labute approximate surface area is 174 Å². The van der Waals surface area contributed by atoms with Gasteiger partial charge in [0, 0.05) is 11.9 Å². The molecular formula is C22H20N2O3S2. The van der Waals surface area contributed by atoms with Crippen LogP contribution in [0.3, 0.4) is 0 Å². The van der Waals surface area contributed by atoms with Gasteiger partial charge >= 0.3 is 0 Å². The number of anilines is 2. The van der Waals surface area contributed by atoms with E-state index in [0.717, 1.165) is 23.2 Å². The second kappa shape index (κ2) is 7.85. The van der Waals surface area contributed by atoms with Crippen molar-refractivity contribution in [3.63, 3.8) is 0 Å². The molecule has 0 spiro atoms. The van der Waals surface area contributed by atoms with Crippen LogP contribution in [0.4, 0.5) is 11.4 Å². The topological polar surface area (TPSA) is 66.5 Å². The third-order valence-corrected chi connectivity index (χ3v) is 7.50. The van der Waals surface area contributed by atoms with Gasteiger partial charge in [0.15, 0.2) is 4.91 Å². The van der Waals surface area contributed by atoms with Crippen molar-refractivity contribution >= 4 is 38.5 Å². The maximum absolute atomic E-state index is 13.4. The minimum Gasteiger partial charge on any atom is -0.360 e. The highest BCUT2D eigenvalue weighted by Crippen LogP contribution is 2.39. The van der Waals surface area contributed by atoms with Crippen molar-refractivity contribution in [3.8, 4) is 0 Å². The monoisotopic (exact) mass is 424 g/mol. The normalized spacial score (nSPS) is 16.7. The summed E-state index contributed by atoms with van der Waals surface area (Å²) in [4.78, 5) is 13.2. The summed E-state index contributed by atoms with van der Waals surface area (Å²) in [5.74, 6) is -0.471. The van der Waals surface area contributed by atoms with Crippen molar-refractivity contribution in [3.05, 3.63) is 93.2 Å². The smallest absolute Gasteiger partial charge is 0.270 e. The molecule has 0 aliphatic carbocycles. The molecule has 3 aromatic rings. The van der Waals surface area contributed by atoms with Gasteiger partial charge in [0.05, 0.1) is 12.2 Å². The van der Waals surface area contributed by atoms with Gasteiger partial charge in [-0.05, 0) is 35.1 Å². The maximum atomic E-state index is 13.4. The molecule has 0 amide bonds. The summed E-state index contributed by atoms with van der Waals surface area (Å²) in [5, 5.41) is 4.79. The Morgan fingerprint density at radius 2 is 1.76 bits per heavy atom. The first-order valence-corrected chi connectivity index (χ1v) is 11.6. The lowest BCUT2D eigenvalue weighted by Crippen LogP contribution is -2.38. The van der Waals surface area contributed by atoms with Crippen molar-refractivity contribution in [2.75, 3.05) is 9.62 Å². The molecule has 0 fully saturated rings. The Hall–Kier alpha value is -2.90. The molecule has 1 N–H and O–H groups in total. The van der Waals surface area contributed by atoms with Crippen molar-refractivity contribution in [1.82, 2.24) is 0 Å². The number of para-hydroxylation sites is 1. The van der Waals surface area contributed by atoms with Crippen LogP contribution in [0.15, 0.2) is 77.1 Å². The molecular weight excluding hydrogens is 404 g/mol. The molecule has 148 valence electrons. The molecule has 0 atom stereocenters. The number of rotatable bonds is 5. The van der Waals surface area contributed by atoms with Gasteiger partial charge in [0.1, 0.15) is 4.88 Å². The van der Waals surface area contributed by atoms with Gasteiger partial charge in [0.2, 0.25) is 5.78 Å². The number of nitrogens with one attached hydrogen (secondary N) is 1. The van der Waals surface area contributed by atoms with Crippen LogP contribution >= 0.6 is 11.3 Å². The van der Waals surface area contributed by atoms with E-state index in [4.69, 9.17) is 0 Å². The van der Waals surface area contributed by atoms with Crippen molar-refractivity contribution in [2.45, 2.75) is 19.9 Å². The molecule has 1 aromatic heterocycles. The Balaban J connectivity index is 1.76. The lowest BCUT2D eigenvalue weighted by atomic mass is 10.1. The van der Waals surface area contributed by atoms with E-state index in [1.807, 2.05) is 61.5 Å². The zero-order valence-corrected chi connectivity index (χ0v) is 17.5. The summed E-state index contributed by atoms with van der Waals surface area (Å²) >= 11 is 1.26. The van der Waals surface area contributed by atoms with Crippen LogP contribution in [-0.4, -0.2) is 14.2 Å². The predicted octanol–water partition coefficient (Wildman–Crippen LogP) is 4.80. The number of sulfonamides is 1. The first-order valence-electron chi connectivity index (χ1n) is 9.26. The number of benzene rings is 2. The lowest BCUT2D eigenvalue weighted by Gasteiger charge is -2.29. The maximum Gasteiger partial charge on any atom is 0.270 e. The van der Waals surface area contributed by atoms with Crippen LogP contribution in [0, 0.1) is 0 Å². The average molecular weight is 425 g/mol. The molecule has 1 aliphatic rings. The van der Waals surface area contributed by atoms with Gasteiger partial charge in [-0.25, -0.2) is 8.42 Å². The highest BCUT2D eigenvalue weighted by molar-refractivity contribution is 7.97. The van der Waals surface area contributed by atoms with E-state index in [1.54, 1.807) is 11.4 Å². The number of allylic oxidation sites excluding steroid dienone is 1. The molecule has 0 unspecified atom stereocenters. The first-order chi connectivity index (χ1) is 14.0. The van der Waals surface area contributed by atoms with E-state index in [-0.39, 0.29) is 11.4 Å². The van der Waals surface area contributed by atoms with Crippen molar-refractivity contribution in [1.29, 1.82) is 0 Å². The van der Waals surface area contributed by atoms with Crippen molar-refractivity contribution in [2.24, 2.45) is 0 Å². The zero-order chi connectivity index (χ0) is 20.4. The quantitative estimate of drug-likeness (QED) is 0.598. The molecule has 0 saturated heterocycles. The summed E-state index contributed by atoms with van der Waals surface area (Å²) in [6.07, 6.45) is 2.12.